The number of anilines is 2. The minimum Gasteiger partial charge on any atom is -0.351 e. The monoisotopic (exact) mass is 552 g/mol. The summed E-state index contributed by atoms with van der Waals surface area (Å²) < 4.78 is 30.2. The van der Waals surface area contributed by atoms with Gasteiger partial charge < -0.3 is 14.5 Å². The number of epoxide rings is 1. The van der Waals surface area contributed by atoms with Gasteiger partial charge in [0.15, 0.2) is 9.84 Å². The minimum atomic E-state index is -3.09. The molecule has 2 N–H and O–H groups in total. The molecule has 0 bridgehead atoms. The van der Waals surface area contributed by atoms with Gasteiger partial charge in [0.1, 0.15) is 52.7 Å². The molecule has 39 heavy (non-hydrogen) atoms. The maximum atomic E-state index is 12.4. The first-order valence-corrected chi connectivity index (χ1v) is 15.4. The van der Waals surface area contributed by atoms with Crippen LogP contribution in [0.1, 0.15) is 58.9 Å². The van der Waals surface area contributed by atoms with Crippen molar-refractivity contribution < 1.29 is 13.2 Å². The third-order valence-electron chi connectivity index (χ3n) is 9.80. The van der Waals surface area contributed by atoms with Crippen LogP contribution in [0.4, 0.5) is 11.6 Å². The fourth-order valence-corrected chi connectivity index (χ4v) is 8.60. The second-order valence-corrected chi connectivity index (χ2v) is 14.8. The van der Waals surface area contributed by atoms with E-state index >= 15 is 0 Å². The Balaban J connectivity index is 1.26. The zero-order valence-corrected chi connectivity index (χ0v) is 23.8. The van der Waals surface area contributed by atoms with Crippen LogP contribution in [0.3, 0.4) is 0 Å². The number of sulfone groups is 1. The summed E-state index contributed by atoms with van der Waals surface area (Å²) in [5.41, 5.74) is 1.30. The van der Waals surface area contributed by atoms with Crippen LogP contribution >= 0.6 is 0 Å². The van der Waals surface area contributed by atoms with Crippen LogP contribution in [0.15, 0.2) is 18.0 Å². The molecule has 12 heteroatoms. The molecule has 1 spiro atoms. The lowest BCUT2D eigenvalue weighted by Gasteiger charge is -2.47. The SMILES string of the molecule is C/C(=C/C(=N)N1CC2(CCC2)c2c1ncnc2N1C[C@@H](C)N(C2OC2[C@]2(C)CCS2(=O)=O)C[C@@H]1C)C(=N)C#N. The molecule has 1 aromatic rings. The molecule has 11 nitrogen and oxygen atoms in total. The zero-order valence-electron chi connectivity index (χ0n) is 22.9. The van der Waals surface area contributed by atoms with Crippen LogP contribution in [0.5, 0.6) is 0 Å². The van der Waals surface area contributed by atoms with E-state index in [2.05, 4.69) is 28.6 Å². The molecule has 0 radical (unpaired) electrons. The highest BCUT2D eigenvalue weighted by Crippen LogP contribution is 2.55. The number of nitrogens with zero attached hydrogens (tertiary/aromatic N) is 6. The highest BCUT2D eigenvalue weighted by molar-refractivity contribution is 7.94. The number of allylic oxidation sites excluding steroid dienone is 1. The van der Waals surface area contributed by atoms with Gasteiger partial charge in [-0.1, -0.05) is 6.42 Å². The van der Waals surface area contributed by atoms with E-state index in [1.807, 2.05) is 17.9 Å². The van der Waals surface area contributed by atoms with Crippen molar-refractivity contribution >= 4 is 33.0 Å². The van der Waals surface area contributed by atoms with Crippen molar-refractivity contribution in [2.75, 3.05) is 35.2 Å². The number of fused-ring (bicyclic) bond motifs is 2. The lowest BCUT2D eigenvalue weighted by atomic mass is 9.66. The van der Waals surface area contributed by atoms with Gasteiger partial charge in [0.25, 0.3) is 0 Å². The van der Waals surface area contributed by atoms with E-state index in [0.717, 1.165) is 49.6 Å². The number of hydrogen-bond acceptors (Lipinski definition) is 10. The Labute approximate surface area is 229 Å². The number of nitriles is 1. The Morgan fingerprint density at radius 1 is 1.18 bits per heavy atom. The van der Waals surface area contributed by atoms with Crippen molar-refractivity contribution in [1.82, 2.24) is 14.9 Å². The van der Waals surface area contributed by atoms with Crippen molar-refractivity contribution in [3.05, 3.63) is 23.5 Å². The molecule has 0 aromatic carbocycles. The van der Waals surface area contributed by atoms with Gasteiger partial charge >= 0.3 is 0 Å². The topological polar surface area (TPSA) is 154 Å². The first-order valence-electron chi connectivity index (χ1n) is 13.7. The third-order valence-corrected chi connectivity index (χ3v) is 12.4. The fourth-order valence-electron chi connectivity index (χ4n) is 6.89. The van der Waals surface area contributed by atoms with Gasteiger partial charge in [0.05, 0.1) is 5.75 Å². The lowest BCUT2D eigenvalue weighted by molar-refractivity contribution is 0.102. The molecule has 4 fully saturated rings. The van der Waals surface area contributed by atoms with Crippen molar-refractivity contribution in [2.24, 2.45) is 0 Å². The van der Waals surface area contributed by atoms with Gasteiger partial charge in [0.2, 0.25) is 0 Å². The molecule has 1 saturated carbocycles. The number of hydrogen-bond donors (Lipinski definition) is 2. The first kappa shape index (κ1) is 26.3. The van der Waals surface area contributed by atoms with E-state index in [9.17, 15) is 8.42 Å². The third kappa shape index (κ3) is 3.84. The molecule has 208 valence electrons. The molecule has 4 aliphatic heterocycles. The molecular formula is C27H36N8O3S. The van der Waals surface area contributed by atoms with Crippen LogP contribution in [0, 0.1) is 22.1 Å². The number of rotatable bonds is 5. The quantitative estimate of drug-likeness (QED) is 0.318. The molecule has 6 rings (SSSR count). The standard InChI is InChI=1S/C27H36N8O3S/c1-16(19(29)11-28)10-20(30)35-14-27(6-5-7-27)21-23(31-15-32-24(21)35)33-12-18(3)34(13-17(33)2)25-22(38-25)26(4)8-9-39(26,36)37/h10,15,17-18,22,25,29-30H,5-9,12-14H2,1-4H3/b16-10-,29-19?,30-20?/t17-,18+,22?,25?,26-/m0/s1. The molecule has 3 saturated heterocycles. The number of nitrogens with one attached hydrogen (secondary N) is 2. The van der Waals surface area contributed by atoms with Crippen molar-refractivity contribution in [1.29, 1.82) is 16.1 Å². The summed E-state index contributed by atoms with van der Waals surface area (Å²) in [6, 6.07) is 2.11. The summed E-state index contributed by atoms with van der Waals surface area (Å²) in [6.07, 6.45) is 6.51. The van der Waals surface area contributed by atoms with Crippen LogP contribution in [0.25, 0.3) is 0 Å². The maximum absolute atomic E-state index is 12.4. The van der Waals surface area contributed by atoms with E-state index in [0.29, 0.717) is 18.5 Å². The van der Waals surface area contributed by atoms with Crippen molar-refractivity contribution in [3.8, 4) is 6.07 Å². The van der Waals surface area contributed by atoms with Gasteiger partial charge in [-0.15, -0.1) is 0 Å². The van der Waals surface area contributed by atoms with E-state index < -0.39 is 14.6 Å². The number of piperazine rings is 1. The summed E-state index contributed by atoms with van der Waals surface area (Å²) >= 11 is 0. The fraction of sp³-hybridized carbons (Fsp3) is 0.667. The van der Waals surface area contributed by atoms with Gasteiger partial charge in [-0.3, -0.25) is 15.7 Å². The van der Waals surface area contributed by atoms with Crippen LogP contribution in [-0.2, 0) is 20.0 Å². The van der Waals surface area contributed by atoms with Gasteiger partial charge in [0, 0.05) is 42.7 Å². The molecule has 2 unspecified atom stereocenters. The molecule has 1 aromatic heterocycles. The molecule has 0 amide bonds. The molecule has 1 aliphatic carbocycles. The number of amidine groups is 1. The predicted octanol–water partition coefficient (Wildman–Crippen LogP) is 2.39. The second kappa shape index (κ2) is 8.81. The highest BCUT2D eigenvalue weighted by atomic mass is 32.2. The minimum absolute atomic E-state index is 0.110. The maximum Gasteiger partial charge on any atom is 0.158 e. The van der Waals surface area contributed by atoms with E-state index in [1.165, 1.54) is 0 Å². The zero-order chi connectivity index (χ0) is 27.9. The summed E-state index contributed by atoms with van der Waals surface area (Å²) in [7, 11) is -3.09. The van der Waals surface area contributed by atoms with Gasteiger partial charge in [-0.05, 0) is 58.6 Å². The average molecular weight is 553 g/mol. The Kier molecular flexibility index (Phi) is 5.95. The number of aromatic nitrogens is 2. The Morgan fingerprint density at radius 3 is 2.49 bits per heavy atom. The van der Waals surface area contributed by atoms with Crippen molar-refractivity contribution in [3.63, 3.8) is 0 Å². The van der Waals surface area contributed by atoms with Crippen LogP contribution < -0.4 is 9.80 Å². The smallest absolute Gasteiger partial charge is 0.158 e. The second-order valence-electron chi connectivity index (χ2n) is 12.2. The predicted molar refractivity (Wildman–Crippen MR) is 148 cm³/mol. The summed E-state index contributed by atoms with van der Waals surface area (Å²) in [5, 5.41) is 25.7. The van der Waals surface area contributed by atoms with Crippen molar-refractivity contribution in [2.45, 2.75) is 88.0 Å². The molecular weight excluding hydrogens is 516 g/mol. The Hall–Kier alpha value is -2.88. The first-order chi connectivity index (χ1) is 18.4. The molecule has 5 aliphatic rings. The summed E-state index contributed by atoms with van der Waals surface area (Å²) in [4.78, 5) is 16.0. The number of ether oxygens (including phenoxy) is 1. The Bertz CT molecular complexity index is 1430. The van der Waals surface area contributed by atoms with Crippen LogP contribution in [-0.4, -0.2) is 89.4 Å². The van der Waals surface area contributed by atoms with E-state index in [4.69, 9.17) is 25.8 Å². The molecule has 5 heterocycles. The van der Waals surface area contributed by atoms with Gasteiger partial charge in [-0.25, -0.2) is 18.4 Å². The lowest BCUT2D eigenvalue weighted by Crippen LogP contribution is -2.60. The molecule has 5 atom stereocenters. The van der Waals surface area contributed by atoms with Crippen LogP contribution in [0.2, 0.25) is 0 Å². The summed E-state index contributed by atoms with van der Waals surface area (Å²) in [6.45, 7) is 9.95. The van der Waals surface area contributed by atoms with E-state index in [-0.39, 0.29) is 47.1 Å². The normalized spacial score (nSPS) is 34.6. The largest absolute Gasteiger partial charge is 0.351 e. The highest BCUT2D eigenvalue weighted by Gasteiger charge is 2.65. The average Bonchev–Trinajstić information content (AvgIpc) is 3.60. The van der Waals surface area contributed by atoms with Gasteiger partial charge in [-0.2, -0.15) is 5.26 Å². The van der Waals surface area contributed by atoms with E-state index in [1.54, 1.807) is 19.3 Å². The Morgan fingerprint density at radius 2 is 1.90 bits per heavy atom. The summed E-state index contributed by atoms with van der Waals surface area (Å²) in [5.74, 6) is 2.14.